The van der Waals surface area contributed by atoms with Gasteiger partial charge in [-0.2, -0.15) is 0 Å². The van der Waals surface area contributed by atoms with E-state index in [1.807, 2.05) is 18.2 Å². The Labute approximate surface area is 123 Å². The molecule has 0 saturated heterocycles. The molecule has 21 heavy (non-hydrogen) atoms. The fourth-order valence-electron chi connectivity index (χ4n) is 2.68. The zero-order valence-electron chi connectivity index (χ0n) is 11.9. The number of fused-ring (bicyclic) bond motifs is 1. The molecule has 3 rings (SSSR count). The van der Waals surface area contributed by atoms with Crippen LogP contribution in [0.2, 0.25) is 0 Å². The van der Waals surface area contributed by atoms with Crippen LogP contribution < -0.4 is 15.2 Å². The van der Waals surface area contributed by atoms with Crippen LogP contribution in [0.25, 0.3) is 0 Å². The Morgan fingerprint density at radius 3 is 2.86 bits per heavy atom. The maximum atomic E-state index is 13.6. The van der Waals surface area contributed by atoms with Gasteiger partial charge in [-0.25, -0.2) is 4.39 Å². The monoisotopic (exact) mass is 287 g/mol. The smallest absolute Gasteiger partial charge is 0.165 e. The normalized spacial score (nSPS) is 16.6. The lowest BCUT2D eigenvalue weighted by Crippen LogP contribution is -2.05. The van der Waals surface area contributed by atoms with E-state index in [2.05, 4.69) is 0 Å². The van der Waals surface area contributed by atoms with Crippen molar-refractivity contribution < 1.29 is 13.9 Å². The largest absolute Gasteiger partial charge is 0.494 e. The average Bonchev–Trinajstić information content (AvgIpc) is 2.86. The maximum absolute atomic E-state index is 13.6. The SMILES string of the molecule is COc1ccc(COc2ccc3c(c2)CC[C@@H]3N)cc1F. The van der Waals surface area contributed by atoms with Crippen molar-refractivity contribution in [2.24, 2.45) is 5.73 Å². The topological polar surface area (TPSA) is 44.5 Å². The lowest BCUT2D eigenvalue weighted by atomic mass is 10.1. The first-order valence-corrected chi connectivity index (χ1v) is 7.01. The van der Waals surface area contributed by atoms with Gasteiger partial charge < -0.3 is 15.2 Å². The van der Waals surface area contributed by atoms with Crippen molar-refractivity contribution in [3.8, 4) is 11.5 Å². The second-order valence-corrected chi connectivity index (χ2v) is 5.26. The maximum Gasteiger partial charge on any atom is 0.165 e. The van der Waals surface area contributed by atoms with E-state index in [9.17, 15) is 4.39 Å². The number of benzene rings is 2. The van der Waals surface area contributed by atoms with Gasteiger partial charge in [-0.05, 0) is 53.8 Å². The van der Waals surface area contributed by atoms with Gasteiger partial charge in [0.2, 0.25) is 0 Å². The first kappa shape index (κ1) is 13.9. The minimum atomic E-state index is -0.376. The Morgan fingerprint density at radius 2 is 2.10 bits per heavy atom. The minimum absolute atomic E-state index is 0.143. The first-order chi connectivity index (χ1) is 10.2. The molecule has 0 radical (unpaired) electrons. The molecule has 0 aliphatic heterocycles. The van der Waals surface area contributed by atoms with Gasteiger partial charge in [-0.1, -0.05) is 12.1 Å². The molecule has 0 saturated carbocycles. The lowest BCUT2D eigenvalue weighted by Gasteiger charge is -2.10. The first-order valence-electron chi connectivity index (χ1n) is 7.01. The molecule has 1 atom stereocenters. The van der Waals surface area contributed by atoms with Crippen molar-refractivity contribution in [3.05, 3.63) is 58.9 Å². The second-order valence-electron chi connectivity index (χ2n) is 5.26. The zero-order valence-corrected chi connectivity index (χ0v) is 11.9. The number of hydrogen-bond acceptors (Lipinski definition) is 3. The number of ether oxygens (including phenoxy) is 2. The van der Waals surface area contributed by atoms with Crippen molar-refractivity contribution in [2.75, 3.05) is 7.11 Å². The Balaban J connectivity index is 1.69. The molecule has 1 aliphatic carbocycles. The predicted octanol–water partition coefficient (Wildman–Crippen LogP) is 3.36. The zero-order chi connectivity index (χ0) is 14.8. The Kier molecular flexibility index (Phi) is 3.80. The molecule has 0 aromatic heterocycles. The number of halogens is 1. The van der Waals surface area contributed by atoms with Crippen LogP contribution in [0, 0.1) is 5.82 Å². The summed E-state index contributed by atoms with van der Waals surface area (Å²) in [6, 6.07) is 11.0. The number of aryl methyl sites for hydroxylation is 1. The summed E-state index contributed by atoms with van der Waals surface area (Å²) in [7, 11) is 1.45. The van der Waals surface area contributed by atoms with Crippen LogP contribution in [-0.2, 0) is 13.0 Å². The fourth-order valence-corrected chi connectivity index (χ4v) is 2.68. The molecule has 0 spiro atoms. The third-order valence-corrected chi connectivity index (χ3v) is 3.86. The summed E-state index contributed by atoms with van der Waals surface area (Å²) in [4.78, 5) is 0. The summed E-state index contributed by atoms with van der Waals surface area (Å²) in [6.45, 7) is 0.325. The highest BCUT2D eigenvalue weighted by Crippen LogP contribution is 2.32. The van der Waals surface area contributed by atoms with Crippen LogP contribution in [0.4, 0.5) is 4.39 Å². The number of hydrogen-bond donors (Lipinski definition) is 1. The van der Waals surface area contributed by atoms with Gasteiger partial charge in [0, 0.05) is 6.04 Å². The molecular formula is C17H18FNO2. The van der Waals surface area contributed by atoms with E-state index in [1.165, 1.54) is 24.3 Å². The van der Waals surface area contributed by atoms with Crippen LogP contribution in [0.3, 0.4) is 0 Å². The minimum Gasteiger partial charge on any atom is -0.494 e. The third-order valence-electron chi connectivity index (χ3n) is 3.86. The fraction of sp³-hybridized carbons (Fsp3) is 0.294. The highest BCUT2D eigenvalue weighted by atomic mass is 19.1. The van der Waals surface area contributed by atoms with E-state index in [-0.39, 0.29) is 17.6 Å². The number of nitrogens with two attached hydrogens (primary N) is 1. The molecule has 1 aliphatic rings. The van der Waals surface area contributed by atoms with E-state index in [0.29, 0.717) is 6.61 Å². The molecule has 0 bridgehead atoms. The summed E-state index contributed by atoms with van der Waals surface area (Å²) in [5.74, 6) is 0.655. The Hall–Kier alpha value is -2.07. The van der Waals surface area contributed by atoms with Crippen LogP contribution in [-0.4, -0.2) is 7.11 Å². The van der Waals surface area contributed by atoms with E-state index in [4.69, 9.17) is 15.2 Å². The van der Waals surface area contributed by atoms with Gasteiger partial charge in [-0.3, -0.25) is 0 Å². The second kappa shape index (κ2) is 5.74. The quantitative estimate of drug-likeness (QED) is 0.937. The van der Waals surface area contributed by atoms with Gasteiger partial charge in [0.1, 0.15) is 12.4 Å². The van der Waals surface area contributed by atoms with Gasteiger partial charge in [0.15, 0.2) is 11.6 Å². The molecule has 2 aromatic carbocycles. The Morgan fingerprint density at radius 1 is 1.24 bits per heavy atom. The average molecular weight is 287 g/mol. The third kappa shape index (κ3) is 2.85. The molecule has 4 heteroatoms. The van der Waals surface area contributed by atoms with Crippen LogP contribution in [0.15, 0.2) is 36.4 Å². The molecule has 0 unspecified atom stereocenters. The summed E-state index contributed by atoms with van der Waals surface area (Å²) >= 11 is 0. The summed E-state index contributed by atoms with van der Waals surface area (Å²) in [5.41, 5.74) is 9.24. The molecule has 0 fully saturated rings. The lowest BCUT2D eigenvalue weighted by molar-refractivity contribution is 0.304. The van der Waals surface area contributed by atoms with Gasteiger partial charge in [0.25, 0.3) is 0 Å². The standard InChI is InChI=1S/C17H18FNO2/c1-20-17-7-2-11(8-15(17)18)10-21-13-4-5-14-12(9-13)3-6-16(14)19/h2,4-5,7-9,16H,3,6,10,19H2,1H3/t16-/m0/s1. The molecular weight excluding hydrogens is 269 g/mol. The van der Waals surface area contributed by atoms with Crippen LogP contribution in [0.5, 0.6) is 11.5 Å². The highest BCUT2D eigenvalue weighted by molar-refractivity contribution is 5.40. The molecule has 2 N–H and O–H groups in total. The predicted molar refractivity (Wildman–Crippen MR) is 79.0 cm³/mol. The van der Waals surface area contributed by atoms with Gasteiger partial charge in [-0.15, -0.1) is 0 Å². The number of methoxy groups -OCH3 is 1. The summed E-state index contributed by atoms with van der Waals surface area (Å²) < 4.78 is 24.2. The molecule has 0 heterocycles. The van der Waals surface area contributed by atoms with Crippen molar-refractivity contribution in [1.82, 2.24) is 0 Å². The molecule has 0 amide bonds. The van der Waals surface area contributed by atoms with E-state index in [0.717, 1.165) is 24.2 Å². The van der Waals surface area contributed by atoms with Crippen molar-refractivity contribution in [2.45, 2.75) is 25.5 Å². The van der Waals surface area contributed by atoms with Gasteiger partial charge in [0.05, 0.1) is 7.11 Å². The summed E-state index contributed by atoms with van der Waals surface area (Å²) in [5, 5.41) is 0. The molecule has 110 valence electrons. The van der Waals surface area contributed by atoms with Crippen LogP contribution in [0.1, 0.15) is 29.2 Å². The van der Waals surface area contributed by atoms with Crippen LogP contribution >= 0.6 is 0 Å². The summed E-state index contributed by atoms with van der Waals surface area (Å²) in [6.07, 6.45) is 1.98. The van der Waals surface area contributed by atoms with E-state index >= 15 is 0 Å². The highest BCUT2D eigenvalue weighted by Gasteiger charge is 2.19. The molecule has 3 nitrogen and oxygen atoms in total. The van der Waals surface area contributed by atoms with E-state index < -0.39 is 0 Å². The number of rotatable bonds is 4. The van der Waals surface area contributed by atoms with Crippen molar-refractivity contribution in [3.63, 3.8) is 0 Å². The molecule has 2 aromatic rings. The Bertz CT molecular complexity index is 657. The van der Waals surface area contributed by atoms with Crippen molar-refractivity contribution in [1.29, 1.82) is 0 Å². The van der Waals surface area contributed by atoms with E-state index in [1.54, 1.807) is 12.1 Å². The van der Waals surface area contributed by atoms with Gasteiger partial charge >= 0.3 is 0 Å². The van der Waals surface area contributed by atoms with Crippen molar-refractivity contribution >= 4 is 0 Å².